The van der Waals surface area contributed by atoms with Crippen molar-refractivity contribution in [2.45, 2.75) is 24.4 Å². The average molecular weight is 605 g/mol. The Labute approximate surface area is 249 Å². The van der Waals surface area contributed by atoms with Crippen LogP contribution < -0.4 is 16.0 Å². The van der Waals surface area contributed by atoms with Crippen LogP contribution in [0.15, 0.2) is 79.1 Å². The van der Waals surface area contributed by atoms with E-state index >= 15 is 0 Å². The summed E-state index contributed by atoms with van der Waals surface area (Å²) < 4.78 is 16.9. The van der Waals surface area contributed by atoms with Gasteiger partial charge in [0.2, 0.25) is 11.5 Å². The van der Waals surface area contributed by atoms with Gasteiger partial charge in [0.15, 0.2) is 28.8 Å². The molecule has 0 bridgehead atoms. The fourth-order valence-electron chi connectivity index (χ4n) is 7.06. The molecule has 1 aliphatic carbocycles. The fraction of sp³-hybridized carbons (Fsp3) is 0.118. The van der Waals surface area contributed by atoms with Gasteiger partial charge in [0.25, 0.3) is 0 Å². The molecule has 0 spiro atoms. The zero-order chi connectivity index (χ0) is 31.0. The topological polar surface area (TPSA) is 191 Å². The van der Waals surface area contributed by atoms with E-state index in [9.17, 15) is 40.2 Å². The highest BCUT2D eigenvalue weighted by Crippen LogP contribution is 2.50. The van der Waals surface area contributed by atoms with Crippen LogP contribution in [0.1, 0.15) is 23.3 Å². The minimum atomic E-state index is -1.69. The molecule has 11 nitrogen and oxygen atoms in total. The number of hydrogen-bond acceptors (Lipinski definition) is 11. The van der Waals surface area contributed by atoms with Crippen LogP contribution in [0.3, 0.4) is 0 Å². The molecular weight excluding hydrogens is 584 g/mol. The summed E-state index contributed by atoms with van der Waals surface area (Å²) >= 11 is 0. The number of aromatic hydroxyl groups is 3. The molecule has 0 saturated heterocycles. The number of phenols is 3. The van der Waals surface area contributed by atoms with E-state index in [0.29, 0.717) is 16.5 Å². The number of aliphatic hydroxyl groups is 3. The Morgan fingerprint density at radius 2 is 1.24 bits per heavy atom. The van der Waals surface area contributed by atoms with Crippen molar-refractivity contribution in [2.75, 3.05) is 0 Å². The highest BCUT2D eigenvalue weighted by atomic mass is 16.5. The predicted molar refractivity (Wildman–Crippen MR) is 163 cm³/mol. The molecule has 0 aliphatic heterocycles. The van der Waals surface area contributed by atoms with Gasteiger partial charge in [0.1, 0.15) is 18.3 Å². The lowest BCUT2D eigenvalue weighted by molar-refractivity contribution is -0.113. The molecule has 1 unspecified atom stereocenters. The van der Waals surface area contributed by atoms with E-state index in [1.54, 1.807) is 6.07 Å². The van der Waals surface area contributed by atoms with E-state index in [0.717, 1.165) is 39.1 Å². The molecule has 45 heavy (non-hydrogen) atoms. The molecular formula is C34H20O11. The van der Waals surface area contributed by atoms with Gasteiger partial charge in [0.05, 0.1) is 10.8 Å². The molecule has 222 valence electrons. The summed E-state index contributed by atoms with van der Waals surface area (Å²) in [5, 5.41) is 69.9. The minimum absolute atomic E-state index is 0.0564. The largest absolute Gasteiger partial charge is 0.504 e. The molecule has 4 atom stereocenters. The van der Waals surface area contributed by atoms with Gasteiger partial charge in [-0.25, -0.2) is 9.59 Å². The van der Waals surface area contributed by atoms with Gasteiger partial charge < -0.3 is 44.2 Å². The first-order valence-corrected chi connectivity index (χ1v) is 14.0. The molecule has 6 N–H and O–H groups in total. The van der Waals surface area contributed by atoms with Gasteiger partial charge in [-0.3, -0.25) is 0 Å². The van der Waals surface area contributed by atoms with E-state index < -0.39 is 64.1 Å². The molecule has 2 heterocycles. The first kappa shape index (κ1) is 25.8. The van der Waals surface area contributed by atoms with Crippen LogP contribution in [0, 0.1) is 0 Å². The number of fused-ring (bicyclic) bond motifs is 2. The molecule has 0 radical (unpaired) electrons. The van der Waals surface area contributed by atoms with E-state index in [1.165, 1.54) is 0 Å². The van der Waals surface area contributed by atoms with Gasteiger partial charge in [-0.2, -0.15) is 0 Å². The summed E-state index contributed by atoms with van der Waals surface area (Å²) in [7, 11) is 0. The van der Waals surface area contributed by atoms with Crippen molar-refractivity contribution >= 4 is 65.0 Å². The quantitative estimate of drug-likeness (QED) is 0.0932. The lowest BCUT2D eigenvalue weighted by Gasteiger charge is -2.38. The van der Waals surface area contributed by atoms with Crippen molar-refractivity contribution in [1.29, 1.82) is 0 Å². The van der Waals surface area contributed by atoms with Crippen LogP contribution in [0.5, 0.6) is 23.0 Å². The van der Waals surface area contributed by atoms with Crippen LogP contribution in [0.2, 0.25) is 0 Å². The third-order valence-electron chi connectivity index (χ3n) is 9.10. The zero-order valence-corrected chi connectivity index (χ0v) is 22.8. The van der Waals surface area contributed by atoms with Crippen molar-refractivity contribution in [3.05, 3.63) is 92.6 Å². The highest BCUT2D eigenvalue weighted by molar-refractivity contribution is 6.24. The normalized spacial score (nSPS) is 20.3. The lowest BCUT2D eigenvalue weighted by Crippen LogP contribution is -2.43. The zero-order valence-electron chi connectivity index (χ0n) is 22.8. The molecule has 0 fully saturated rings. The smallest absolute Gasteiger partial charge is 0.344 e. The van der Waals surface area contributed by atoms with Crippen LogP contribution in [-0.4, -0.2) is 42.8 Å². The summed E-state index contributed by atoms with van der Waals surface area (Å²) in [6.07, 6.45) is -6.21. The number of phenolic OH excluding ortho intramolecular Hbond substituents is 3. The number of aliphatic hydroxyl groups excluding tert-OH is 3. The van der Waals surface area contributed by atoms with Crippen molar-refractivity contribution in [3.8, 4) is 23.0 Å². The fourth-order valence-corrected chi connectivity index (χ4v) is 7.06. The van der Waals surface area contributed by atoms with Crippen molar-refractivity contribution in [2.24, 2.45) is 0 Å². The van der Waals surface area contributed by atoms with Crippen molar-refractivity contribution < 1.29 is 44.2 Å². The Balaban J connectivity index is 1.33. The Morgan fingerprint density at radius 3 is 1.96 bits per heavy atom. The number of rotatable bonds is 2. The predicted octanol–water partition coefficient (Wildman–Crippen LogP) is 4.39. The molecule has 9 rings (SSSR count). The second-order valence-corrected chi connectivity index (χ2v) is 11.4. The molecule has 0 amide bonds. The molecule has 11 heteroatoms. The summed E-state index contributed by atoms with van der Waals surface area (Å²) in [5.41, 5.74) is -2.25. The maximum absolute atomic E-state index is 13.1. The second kappa shape index (κ2) is 8.51. The Hall–Kier alpha value is -5.62. The second-order valence-electron chi connectivity index (χ2n) is 11.4. The molecule has 2 aromatic heterocycles. The van der Waals surface area contributed by atoms with Gasteiger partial charge >= 0.3 is 11.3 Å². The summed E-state index contributed by atoms with van der Waals surface area (Å²) in [6, 6.07) is 17.4. The number of ether oxygens (including phenoxy) is 1. The number of benzene rings is 6. The van der Waals surface area contributed by atoms with E-state index in [2.05, 4.69) is 0 Å². The first-order valence-electron chi connectivity index (χ1n) is 14.0. The first-order chi connectivity index (χ1) is 21.6. The Kier molecular flexibility index (Phi) is 4.89. The molecule has 0 saturated carbocycles. The maximum atomic E-state index is 13.1. The monoisotopic (exact) mass is 604 g/mol. The van der Waals surface area contributed by atoms with E-state index in [-0.39, 0.29) is 27.3 Å². The summed E-state index contributed by atoms with van der Waals surface area (Å²) in [6.45, 7) is 0. The maximum Gasteiger partial charge on any atom is 0.344 e. The van der Waals surface area contributed by atoms with Gasteiger partial charge in [-0.1, -0.05) is 42.5 Å². The third-order valence-corrected chi connectivity index (χ3v) is 9.10. The lowest BCUT2D eigenvalue weighted by atomic mass is 9.78. The standard InChI is InChI=1S/C34H20O11/c35-18-9-16-23-24-17(34(42)44-31(23)26(18)37)10-19(27(38)32(24)45-33(16)41)43-30-22-14-7-6-12-3-1-2-11-4-5-13(21(14)20(11)12)8-15(22)25(36)28(39)29(30)40/h1-10,25,28-30,35-40H/t25-,28+,29+,30?/m1/s1. The number of hydrogen-bond donors (Lipinski definition) is 6. The van der Waals surface area contributed by atoms with Crippen molar-refractivity contribution in [1.82, 2.24) is 0 Å². The Bertz CT molecular complexity index is 2650. The molecule has 8 aromatic rings. The average Bonchev–Trinajstić information content (AvgIpc) is 3.03. The Morgan fingerprint density at radius 1 is 0.622 bits per heavy atom. The molecule has 6 aromatic carbocycles. The minimum Gasteiger partial charge on any atom is -0.504 e. The highest BCUT2D eigenvalue weighted by Gasteiger charge is 2.44. The van der Waals surface area contributed by atoms with Crippen molar-refractivity contribution in [3.63, 3.8) is 0 Å². The van der Waals surface area contributed by atoms with Gasteiger partial charge in [-0.05, 0) is 56.1 Å². The molecule has 1 aliphatic rings. The summed E-state index contributed by atoms with van der Waals surface area (Å²) in [5.74, 6) is -2.56. The van der Waals surface area contributed by atoms with Crippen LogP contribution >= 0.6 is 0 Å². The van der Waals surface area contributed by atoms with Gasteiger partial charge in [0, 0.05) is 16.3 Å². The van der Waals surface area contributed by atoms with Crippen LogP contribution in [0.4, 0.5) is 0 Å². The van der Waals surface area contributed by atoms with Gasteiger partial charge in [-0.15, -0.1) is 0 Å². The summed E-state index contributed by atoms with van der Waals surface area (Å²) in [4.78, 5) is 26.1. The third kappa shape index (κ3) is 3.18. The van der Waals surface area contributed by atoms with E-state index in [1.807, 2.05) is 42.5 Å². The van der Waals surface area contributed by atoms with Crippen LogP contribution in [-0.2, 0) is 0 Å². The van der Waals surface area contributed by atoms with E-state index in [4.69, 9.17) is 13.6 Å². The SMILES string of the molecule is O=c1oc2c(O)c(OC3c4c(cc5ccc6cccc7ccc4c5c67)[C@@H](O)[C@H](O)[C@@H]3O)cc3c(=O)oc4c(O)c(O)cc1c4c23. The van der Waals surface area contributed by atoms with Crippen LogP contribution in [0.25, 0.3) is 65.0 Å².